The summed E-state index contributed by atoms with van der Waals surface area (Å²) in [5.41, 5.74) is 0.812. The number of aromatic nitrogens is 2. The summed E-state index contributed by atoms with van der Waals surface area (Å²) in [5, 5.41) is 3.77. The van der Waals surface area contributed by atoms with Gasteiger partial charge in [0, 0.05) is 32.1 Å². The van der Waals surface area contributed by atoms with Gasteiger partial charge in [0.25, 0.3) is 11.5 Å². The van der Waals surface area contributed by atoms with Crippen LogP contribution < -0.4 is 10.9 Å². The number of carbonyl (C=O) groups excluding carboxylic acids is 1. The van der Waals surface area contributed by atoms with Crippen molar-refractivity contribution in [1.82, 2.24) is 19.8 Å². The first-order chi connectivity index (χ1) is 14.0. The average Bonchev–Trinajstić information content (AvgIpc) is 2.88. The second-order valence-corrected chi connectivity index (χ2v) is 9.84. The number of carbonyl (C=O) groups is 1. The van der Waals surface area contributed by atoms with Gasteiger partial charge in [-0.25, -0.2) is 4.98 Å². The van der Waals surface area contributed by atoms with E-state index in [0.717, 1.165) is 68.0 Å². The first kappa shape index (κ1) is 20.5. The lowest BCUT2D eigenvalue weighted by Crippen LogP contribution is -2.43. The van der Waals surface area contributed by atoms with Crippen LogP contribution in [0.15, 0.2) is 4.79 Å². The van der Waals surface area contributed by atoms with Crippen molar-refractivity contribution in [3.05, 3.63) is 26.6 Å². The third kappa shape index (κ3) is 4.12. The normalized spacial score (nSPS) is 20.6. The van der Waals surface area contributed by atoms with E-state index in [4.69, 9.17) is 4.98 Å². The fourth-order valence-electron chi connectivity index (χ4n) is 4.68. The Bertz CT molecular complexity index is 962. The minimum atomic E-state index is -0.0632. The van der Waals surface area contributed by atoms with E-state index in [9.17, 15) is 9.59 Å². The van der Waals surface area contributed by atoms with Gasteiger partial charge in [0.1, 0.15) is 10.7 Å². The van der Waals surface area contributed by atoms with Crippen molar-refractivity contribution in [2.75, 3.05) is 19.6 Å². The molecule has 29 heavy (non-hydrogen) atoms. The lowest BCUT2D eigenvalue weighted by Gasteiger charge is -2.35. The molecular formula is C22H32N4O2S. The molecule has 158 valence electrons. The van der Waals surface area contributed by atoms with E-state index in [1.807, 2.05) is 11.5 Å². The van der Waals surface area contributed by atoms with Gasteiger partial charge in [0.2, 0.25) is 0 Å². The van der Waals surface area contributed by atoms with Gasteiger partial charge >= 0.3 is 0 Å². The number of hydrogen-bond acceptors (Lipinski definition) is 5. The molecule has 2 aliphatic heterocycles. The maximum absolute atomic E-state index is 13.1. The molecule has 0 saturated carbocycles. The second-order valence-electron chi connectivity index (χ2n) is 8.84. The molecule has 0 aromatic carbocycles. The quantitative estimate of drug-likeness (QED) is 0.830. The highest BCUT2D eigenvalue weighted by Gasteiger charge is 2.25. The van der Waals surface area contributed by atoms with Crippen LogP contribution in [0.1, 0.15) is 67.0 Å². The summed E-state index contributed by atoms with van der Waals surface area (Å²) in [6.45, 7) is 9.97. The number of nitrogens with one attached hydrogen (secondary N) is 1. The SMILES string of the molecule is Cc1c(C(=O)NCC2CCCN(C(C)C)C2)sc2nc3n(c(=O)c12)CCCCC3. The maximum atomic E-state index is 13.1. The van der Waals surface area contributed by atoms with E-state index in [0.29, 0.717) is 28.8 Å². The van der Waals surface area contributed by atoms with Gasteiger partial charge in [0.05, 0.1) is 10.3 Å². The minimum absolute atomic E-state index is 0.0274. The van der Waals surface area contributed by atoms with Crippen molar-refractivity contribution >= 4 is 27.5 Å². The van der Waals surface area contributed by atoms with Crippen molar-refractivity contribution < 1.29 is 4.79 Å². The van der Waals surface area contributed by atoms with Crippen molar-refractivity contribution in [2.24, 2.45) is 5.92 Å². The largest absolute Gasteiger partial charge is 0.351 e. The van der Waals surface area contributed by atoms with E-state index < -0.39 is 0 Å². The van der Waals surface area contributed by atoms with E-state index in [1.165, 1.54) is 17.8 Å². The topological polar surface area (TPSA) is 67.2 Å². The summed E-state index contributed by atoms with van der Waals surface area (Å²) in [5.74, 6) is 1.31. The highest BCUT2D eigenvalue weighted by Crippen LogP contribution is 2.28. The maximum Gasteiger partial charge on any atom is 0.262 e. The molecule has 0 aliphatic carbocycles. The van der Waals surface area contributed by atoms with Crippen molar-refractivity contribution in [3.63, 3.8) is 0 Å². The summed E-state index contributed by atoms with van der Waals surface area (Å²) < 4.78 is 1.83. The predicted octanol–water partition coefficient (Wildman–Crippen LogP) is 3.34. The van der Waals surface area contributed by atoms with Gasteiger partial charge in [0.15, 0.2) is 0 Å². The molecule has 1 N–H and O–H groups in total. The highest BCUT2D eigenvalue weighted by atomic mass is 32.1. The summed E-state index contributed by atoms with van der Waals surface area (Å²) >= 11 is 1.37. The van der Waals surface area contributed by atoms with Crippen molar-refractivity contribution in [2.45, 2.75) is 71.9 Å². The molecule has 2 aromatic heterocycles. The number of hydrogen-bond donors (Lipinski definition) is 1. The molecular weight excluding hydrogens is 384 g/mol. The minimum Gasteiger partial charge on any atom is -0.351 e. The lowest BCUT2D eigenvalue weighted by molar-refractivity contribution is 0.0926. The molecule has 0 spiro atoms. The van der Waals surface area contributed by atoms with Crippen LogP contribution in [0.2, 0.25) is 0 Å². The monoisotopic (exact) mass is 416 g/mol. The molecule has 4 heterocycles. The van der Waals surface area contributed by atoms with Crippen LogP contribution in [0, 0.1) is 12.8 Å². The molecule has 1 amide bonds. The Balaban J connectivity index is 1.53. The number of aryl methyl sites for hydroxylation is 2. The van der Waals surface area contributed by atoms with Crippen LogP contribution >= 0.6 is 11.3 Å². The summed E-state index contributed by atoms with van der Waals surface area (Å²) in [6.07, 6.45) is 6.42. The van der Waals surface area contributed by atoms with Gasteiger partial charge in [-0.05, 0) is 64.5 Å². The molecule has 1 atom stereocenters. The zero-order valence-corrected chi connectivity index (χ0v) is 18.6. The van der Waals surface area contributed by atoms with Crippen molar-refractivity contribution in [3.8, 4) is 0 Å². The molecule has 4 rings (SSSR count). The molecule has 1 unspecified atom stereocenters. The van der Waals surface area contributed by atoms with Crippen LogP contribution in [0.4, 0.5) is 0 Å². The Kier molecular flexibility index (Phi) is 6.06. The molecule has 0 bridgehead atoms. The van der Waals surface area contributed by atoms with Crippen LogP contribution in [0.25, 0.3) is 10.2 Å². The summed E-state index contributed by atoms with van der Waals surface area (Å²) in [4.78, 5) is 34.6. The Labute approximate surface area is 176 Å². The van der Waals surface area contributed by atoms with Crippen LogP contribution in [0.5, 0.6) is 0 Å². The number of nitrogens with zero attached hydrogens (tertiary/aromatic N) is 3. The molecule has 1 saturated heterocycles. The highest BCUT2D eigenvalue weighted by molar-refractivity contribution is 7.20. The standard InChI is InChI=1S/C22H32N4O2S/c1-14(2)25-10-7-8-16(13-25)12-23-20(27)19-15(3)18-21(29-19)24-17-9-5-4-6-11-26(17)22(18)28/h14,16H,4-13H2,1-3H3,(H,23,27). The first-order valence-corrected chi connectivity index (χ1v) is 11.8. The van der Waals surface area contributed by atoms with Gasteiger partial charge in [-0.3, -0.25) is 14.2 Å². The molecule has 2 aromatic rings. The average molecular weight is 417 g/mol. The Morgan fingerprint density at radius 2 is 2.07 bits per heavy atom. The number of rotatable bonds is 4. The Hall–Kier alpha value is -1.73. The predicted molar refractivity (Wildman–Crippen MR) is 118 cm³/mol. The lowest BCUT2D eigenvalue weighted by atomic mass is 9.97. The third-order valence-corrected chi connectivity index (χ3v) is 7.63. The Morgan fingerprint density at radius 3 is 2.86 bits per heavy atom. The molecule has 6 nitrogen and oxygen atoms in total. The number of thiophene rings is 1. The fraction of sp³-hybridized carbons (Fsp3) is 0.682. The van der Waals surface area contributed by atoms with Crippen LogP contribution in [-0.4, -0.2) is 46.0 Å². The van der Waals surface area contributed by atoms with Gasteiger partial charge in [-0.15, -0.1) is 11.3 Å². The fourth-order valence-corrected chi connectivity index (χ4v) is 5.78. The zero-order valence-electron chi connectivity index (χ0n) is 17.8. The molecule has 0 radical (unpaired) electrons. The van der Waals surface area contributed by atoms with Gasteiger partial charge in [-0.1, -0.05) is 6.42 Å². The summed E-state index contributed by atoms with van der Waals surface area (Å²) in [6, 6.07) is 0.549. The van der Waals surface area contributed by atoms with Crippen molar-refractivity contribution in [1.29, 1.82) is 0 Å². The second kappa shape index (κ2) is 8.56. The van der Waals surface area contributed by atoms with Crippen LogP contribution in [0.3, 0.4) is 0 Å². The van der Waals surface area contributed by atoms with E-state index in [2.05, 4.69) is 24.1 Å². The Morgan fingerprint density at radius 1 is 1.24 bits per heavy atom. The first-order valence-electron chi connectivity index (χ1n) is 11.0. The third-order valence-electron chi connectivity index (χ3n) is 6.45. The van der Waals surface area contributed by atoms with E-state index in [1.54, 1.807) is 0 Å². The van der Waals surface area contributed by atoms with E-state index >= 15 is 0 Å². The van der Waals surface area contributed by atoms with Gasteiger partial charge in [-0.2, -0.15) is 0 Å². The zero-order chi connectivity index (χ0) is 20.5. The number of likely N-dealkylation sites (tertiary alicyclic amines) is 1. The molecule has 7 heteroatoms. The molecule has 2 aliphatic rings. The summed E-state index contributed by atoms with van der Waals surface area (Å²) in [7, 11) is 0. The molecule has 1 fully saturated rings. The van der Waals surface area contributed by atoms with Crippen LogP contribution in [-0.2, 0) is 13.0 Å². The number of piperidine rings is 1. The number of fused-ring (bicyclic) bond motifs is 2. The number of amides is 1. The van der Waals surface area contributed by atoms with Gasteiger partial charge < -0.3 is 10.2 Å². The smallest absolute Gasteiger partial charge is 0.262 e. The van der Waals surface area contributed by atoms with E-state index in [-0.39, 0.29) is 11.5 Å².